The fraction of sp³-hybridized carbons (Fsp3) is 1.00. The average Bonchev–Trinajstić information content (AvgIpc) is 2.81. The second-order valence-electron chi connectivity index (χ2n) is 9.32. The van der Waals surface area contributed by atoms with Gasteiger partial charge in [0, 0.05) is 25.9 Å². The number of hydrogen-bond donors (Lipinski definition) is 0. The van der Waals surface area contributed by atoms with Crippen LogP contribution in [0.4, 0.5) is 0 Å². The molecule has 0 saturated carbocycles. The molecule has 0 aliphatic carbocycles. The van der Waals surface area contributed by atoms with Gasteiger partial charge in [0.15, 0.2) is 0 Å². The maximum atomic E-state index is 6.52. The number of rotatable bonds is 27. The van der Waals surface area contributed by atoms with Crippen LogP contribution < -0.4 is 0 Å². The van der Waals surface area contributed by atoms with E-state index in [9.17, 15) is 0 Å². The van der Waals surface area contributed by atoms with Crippen molar-refractivity contribution < 1.29 is 13.3 Å². The highest BCUT2D eigenvalue weighted by atomic mass is 127. The van der Waals surface area contributed by atoms with Gasteiger partial charge in [0.1, 0.15) is 0 Å². The van der Waals surface area contributed by atoms with Crippen LogP contribution in [0.2, 0.25) is 6.04 Å². The van der Waals surface area contributed by atoms with Crippen LogP contribution in [-0.2, 0) is 13.3 Å². The minimum Gasteiger partial charge on any atom is -0.373 e. The van der Waals surface area contributed by atoms with Crippen molar-refractivity contribution in [3.63, 3.8) is 0 Å². The summed E-state index contributed by atoms with van der Waals surface area (Å²) in [5, 5.41) is 0. The first-order valence-electron chi connectivity index (χ1n) is 14.2. The van der Waals surface area contributed by atoms with E-state index in [-0.39, 0.29) is 0 Å². The molecule has 0 fully saturated rings. The highest BCUT2D eigenvalue weighted by molar-refractivity contribution is 14.1. The molecule has 0 radical (unpaired) electrons. The Labute approximate surface area is 217 Å². The monoisotopic (exact) mass is 584 g/mol. The highest BCUT2D eigenvalue weighted by Crippen LogP contribution is 2.22. The van der Waals surface area contributed by atoms with Gasteiger partial charge in [-0.15, -0.1) is 0 Å². The Morgan fingerprint density at radius 1 is 0.438 bits per heavy atom. The van der Waals surface area contributed by atoms with Crippen molar-refractivity contribution in [2.24, 2.45) is 0 Å². The second-order valence-corrected chi connectivity index (χ2v) is 13.1. The molecular formula is C27H57IO3Si. The van der Waals surface area contributed by atoms with Crippen molar-refractivity contribution in [3.05, 3.63) is 0 Å². The predicted octanol–water partition coefficient (Wildman–Crippen LogP) is 9.88. The van der Waals surface area contributed by atoms with Crippen LogP contribution in [0, 0.1) is 0 Å². The topological polar surface area (TPSA) is 27.7 Å². The lowest BCUT2D eigenvalue weighted by atomic mass is 10.1. The smallest absolute Gasteiger partial charge is 0.373 e. The van der Waals surface area contributed by atoms with E-state index in [1.165, 1.54) is 96.3 Å². The van der Waals surface area contributed by atoms with Crippen LogP contribution in [0.3, 0.4) is 0 Å². The molecule has 32 heavy (non-hydrogen) atoms. The predicted molar refractivity (Wildman–Crippen MR) is 152 cm³/mol. The molecule has 0 aromatic carbocycles. The molecule has 0 aromatic rings. The number of unbranched alkanes of at least 4 members (excludes halogenated alkanes) is 15. The van der Waals surface area contributed by atoms with Crippen molar-refractivity contribution in [2.45, 2.75) is 149 Å². The summed E-state index contributed by atoms with van der Waals surface area (Å²) in [6, 6.07) is 0.984. The normalized spacial score (nSPS) is 12.0. The third kappa shape index (κ3) is 21.4. The summed E-state index contributed by atoms with van der Waals surface area (Å²) in [6.45, 7) is 9.27. The molecule has 0 bridgehead atoms. The van der Waals surface area contributed by atoms with Crippen molar-refractivity contribution in [3.8, 4) is 0 Å². The second kappa shape index (κ2) is 26.4. The van der Waals surface area contributed by atoms with E-state index in [0.717, 1.165) is 56.0 Å². The van der Waals surface area contributed by atoms with Gasteiger partial charge in [-0.1, -0.05) is 140 Å². The van der Waals surface area contributed by atoms with Crippen molar-refractivity contribution in [2.75, 3.05) is 24.2 Å². The van der Waals surface area contributed by atoms with Gasteiger partial charge in [-0.2, -0.15) is 0 Å². The summed E-state index contributed by atoms with van der Waals surface area (Å²) in [5.41, 5.74) is 0. The van der Waals surface area contributed by atoms with E-state index in [2.05, 4.69) is 43.4 Å². The molecule has 0 atom stereocenters. The summed E-state index contributed by atoms with van der Waals surface area (Å²) in [4.78, 5) is 0. The maximum absolute atomic E-state index is 6.52. The third-order valence-electron chi connectivity index (χ3n) is 6.08. The van der Waals surface area contributed by atoms with Crippen molar-refractivity contribution in [1.29, 1.82) is 0 Å². The molecular weight excluding hydrogens is 527 g/mol. The lowest BCUT2D eigenvalue weighted by molar-refractivity contribution is 0.0551. The Morgan fingerprint density at radius 2 is 0.750 bits per heavy atom. The first kappa shape index (κ1) is 32.8. The van der Waals surface area contributed by atoms with Crippen LogP contribution in [0.25, 0.3) is 0 Å². The van der Waals surface area contributed by atoms with Crippen molar-refractivity contribution >= 4 is 31.4 Å². The molecule has 0 unspecified atom stereocenters. The molecule has 5 heteroatoms. The van der Waals surface area contributed by atoms with E-state index in [1.807, 2.05) is 0 Å². The fourth-order valence-electron chi connectivity index (χ4n) is 3.96. The molecule has 0 rings (SSSR count). The van der Waals surface area contributed by atoms with Gasteiger partial charge in [-0.05, 0) is 30.1 Å². The van der Waals surface area contributed by atoms with E-state index < -0.39 is 8.80 Å². The van der Waals surface area contributed by atoms with Gasteiger partial charge in [0.25, 0.3) is 0 Å². The van der Waals surface area contributed by atoms with Gasteiger partial charge >= 0.3 is 8.80 Å². The molecule has 0 aliphatic rings. The third-order valence-corrected chi connectivity index (χ3v) is 9.74. The molecule has 0 N–H and O–H groups in total. The molecule has 0 spiro atoms. The van der Waals surface area contributed by atoms with Crippen LogP contribution >= 0.6 is 22.6 Å². The summed E-state index contributed by atoms with van der Waals surface area (Å²) >= 11 is 2.47. The van der Waals surface area contributed by atoms with Gasteiger partial charge in [-0.3, -0.25) is 0 Å². The zero-order valence-corrected chi connectivity index (χ0v) is 25.2. The lowest BCUT2D eigenvalue weighted by Gasteiger charge is -2.30. The molecule has 194 valence electrons. The van der Waals surface area contributed by atoms with Gasteiger partial charge in [-0.25, -0.2) is 0 Å². The Morgan fingerprint density at radius 3 is 1.06 bits per heavy atom. The first-order valence-corrected chi connectivity index (χ1v) is 17.7. The Balaban J connectivity index is 4.51. The molecule has 0 aromatic heterocycles. The Hall–Kier alpha value is 0.827. The first-order chi connectivity index (χ1) is 15.7. The number of halogens is 1. The standard InChI is InChI=1S/C27H57IO3Si/c1-4-7-10-13-16-19-24-29-32(27-22-23-28,30-25-20-17-14-11-8-5-2)31-26-21-18-15-12-9-6-3/h4-27H2,1-3H3. The van der Waals surface area contributed by atoms with E-state index in [4.69, 9.17) is 13.3 Å². The number of hydrogen-bond acceptors (Lipinski definition) is 3. The van der Waals surface area contributed by atoms with E-state index >= 15 is 0 Å². The van der Waals surface area contributed by atoms with Gasteiger partial charge in [0.2, 0.25) is 0 Å². The van der Waals surface area contributed by atoms with E-state index in [1.54, 1.807) is 0 Å². The minimum atomic E-state index is -2.55. The zero-order chi connectivity index (χ0) is 23.6. The Bertz CT molecular complexity index is 312. The van der Waals surface area contributed by atoms with Gasteiger partial charge in [0.05, 0.1) is 0 Å². The molecule has 0 amide bonds. The average molecular weight is 585 g/mol. The summed E-state index contributed by atoms with van der Waals surface area (Å²) in [6.07, 6.45) is 24.4. The van der Waals surface area contributed by atoms with Crippen LogP contribution in [-0.4, -0.2) is 33.1 Å². The highest BCUT2D eigenvalue weighted by Gasteiger charge is 2.40. The SMILES string of the molecule is CCCCCCCCO[Si](CCCI)(OCCCCCCCC)OCCCCCCCC. The molecule has 0 heterocycles. The van der Waals surface area contributed by atoms with E-state index in [0.29, 0.717) is 0 Å². The fourth-order valence-corrected chi connectivity index (χ4v) is 7.71. The molecule has 0 saturated heterocycles. The zero-order valence-electron chi connectivity index (χ0n) is 22.1. The van der Waals surface area contributed by atoms with Crippen molar-refractivity contribution in [1.82, 2.24) is 0 Å². The summed E-state index contributed by atoms with van der Waals surface area (Å²) < 4.78 is 20.7. The summed E-state index contributed by atoms with van der Waals surface area (Å²) in [5.74, 6) is 0. The Kier molecular flexibility index (Phi) is 27.1. The van der Waals surface area contributed by atoms with Gasteiger partial charge < -0.3 is 13.3 Å². The molecule has 3 nitrogen and oxygen atoms in total. The number of alkyl halides is 1. The van der Waals surface area contributed by atoms with Crippen LogP contribution in [0.15, 0.2) is 0 Å². The largest absolute Gasteiger partial charge is 0.500 e. The van der Waals surface area contributed by atoms with Crippen LogP contribution in [0.1, 0.15) is 143 Å². The maximum Gasteiger partial charge on any atom is 0.500 e. The lowest BCUT2D eigenvalue weighted by Crippen LogP contribution is -2.46. The van der Waals surface area contributed by atoms with Crippen LogP contribution in [0.5, 0.6) is 0 Å². The minimum absolute atomic E-state index is 0.812. The summed E-state index contributed by atoms with van der Waals surface area (Å²) in [7, 11) is -2.55. The quantitative estimate of drug-likeness (QED) is 0.0416. The molecule has 0 aliphatic heterocycles.